The molecule has 0 aromatic rings. The van der Waals surface area contributed by atoms with Crippen LogP contribution in [0.15, 0.2) is 0 Å². The molecular formula is C19H34N2O3. The number of hydrogen-bond acceptors (Lipinski definition) is 3. The molecule has 0 saturated heterocycles. The van der Waals surface area contributed by atoms with E-state index in [2.05, 4.69) is 10.6 Å². The predicted molar refractivity (Wildman–Crippen MR) is 94.4 cm³/mol. The molecule has 0 aromatic heterocycles. The summed E-state index contributed by atoms with van der Waals surface area (Å²) in [4.78, 5) is 24.2. The first-order chi connectivity index (χ1) is 11.6. The van der Waals surface area contributed by atoms with Gasteiger partial charge in [-0.15, -0.1) is 0 Å². The summed E-state index contributed by atoms with van der Waals surface area (Å²) in [6.45, 7) is 2.49. The van der Waals surface area contributed by atoms with Crippen molar-refractivity contribution in [1.82, 2.24) is 10.6 Å². The lowest BCUT2D eigenvalue weighted by Gasteiger charge is -2.28. The number of aliphatic hydroxyl groups excluding tert-OH is 1. The lowest BCUT2D eigenvalue weighted by atomic mass is 9.85. The van der Waals surface area contributed by atoms with E-state index in [-0.39, 0.29) is 29.9 Å². The van der Waals surface area contributed by atoms with Crippen molar-refractivity contribution in [3.8, 4) is 0 Å². The van der Waals surface area contributed by atoms with Crippen LogP contribution in [0.1, 0.15) is 77.6 Å². The molecular weight excluding hydrogens is 304 g/mol. The number of aliphatic hydroxyl groups is 1. The number of carbonyl (C=O) groups is 2. The zero-order valence-electron chi connectivity index (χ0n) is 15.1. The van der Waals surface area contributed by atoms with Crippen LogP contribution in [0.4, 0.5) is 0 Å². The molecule has 24 heavy (non-hydrogen) atoms. The summed E-state index contributed by atoms with van der Waals surface area (Å²) in [6, 6.07) is 0.241. The Hall–Kier alpha value is -1.10. The topological polar surface area (TPSA) is 78.4 Å². The van der Waals surface area contributed by atoms with Gasteiger partial charge in [-0.05, 0) is 57.3 Å². The number of carbonyl (C=O) groups excluding carboxylic acids is 2. The Balaban J connectivity index is 1.60. The fourth-order valence-corrected chi connectivity index (χ4v) is 3.97. The van der Waals surface area contributed by atoms with Gasteiger partial charge in [-0.2, -0.15) is 0 Å². The maximum Gasteiger partial charge on any atom is 0.223 e. The standard InChI is InChI=1S/C19H34N2O3/c1-2-17(22)11-12-20-19(24)15-7-9-16(10-8-15)21-18(23)13-14-5-3-4-6-14/h14-17,22H,2-13H2,1H3,(H,20,24)(H,21,23). The van der Waals surface area contributed by atoms with Crippen LogP contribution in [0.5, 0.6) is 0 Å². The third-order valence-electron chi connectivity index (χ3n) is 5.66. The molecule has 2 fully saturated rings. The minimum atomic E-state index is -0.323. The molecule has 2 amide bonds. The molecule has 0 bridgehead atoms. The molecule has 3 N–H and O–H groups in total. The Morgan fingerprint density at radius 1 is 1.08 bits per heavy atom. The highest BCUT2D eigenvalue weighted by atomic mass is 16.3. The van der Waals surface area contributed by atoms with Gasteiger partial charge in [-0.25, -0.2) is 0 Å². The monoisotopic (exact) mass is 338 g/mol. The van der Waals surface area contributed by atoms with Crippen molar-refractivity contribution < 1.29 is 14.7 Å². The van der Waals surface area contributed by atoms with E-state index in [1.807, 2.05) is 6.92 Å². The van der Waals surface area contributed by atoms with Gasteiger partial charge in [-0.3, -0.25) is 9.59 Å². The summed E-state index contributed by atoms with van der Waals surface area (Å²) in [5.74, 6) is 0.953. The molecule has 1 atom stereocenters. The molecule has 0 heterocycles. The Kier molecular flexibility index (Phi) is 8.03. The van der Waals surface area contributed by atoms with Crippen LogP contribution in [-0.2, 0) is 9.59 Å². The van der Waals surface area contributed by atoms with E-state index < -0.39 is 0 Å². The quantitative estimate of drug-likeness (QED) is 0.636. The van der Waals surface area contributed by atoms with Crippen LogP contribution >= 0.6 is 0 Å². The van der Waals surface area contributed by atoms with Crippen molar-refractivity contribution in [2.24, 2.45) is 11.8 Å². The zero-order valence-corrected chi connectivity index (χ0v) is 15.1. The average Bonchev–Trinajstić information content (AvgIpc) is 3.08. The maximum atomic E-state index is 12.1. The lowest BCUT2D eigenvalue weighted by Crippen LogP contribution is -2.41. The minimum Gasteiger partial charge on any atom is -0.393 e. The number of nitrogens with one attached hydrogen (secondary N) is 2. The molecule has 0 aliphatic heterocycles. The maximum absolute atomic E-state index is 12.1. The molecule has 2 aliphatic rings. The molecule has 138 valence electrons. The second-order valence-electron chi connectivity index (χ2n) is 7.61. The molecule has 0 aromatic carbocycles. The Morgan fingerprint density at radius 3 is 2.38 bits per heavy atom. The Morgan fingerprint density at radius 2 is 1.75 bits per heavy atom. The van der Waals surface area contributed by atoms with Crippen LogP contribution in [-0.4, -0.2) is 35.6 Å². The summed E-state index contributed by atoms with van der Waals surface area (Å²) < 4.78 is 0. The lowest BCUT2D eigenvalue weighted by molar-refractivity contribution is -0.126. The summed E-state index contributed by atoms with van der Waals surface area (Å²) in [5, 5.41) is 15.6. The van der Waals surface area contributed by atoms with E-state index in [9.17, 15) is 14.7 Å². The molecule has 0 radical (unpaired) electrons. The third-order valence-corrected chi connectivity index (χ3v) is 5.66. The van der Waals surface area contributed by atoms with Gasteiger partial charge in [0.2, 0.25) is 11.8 Å². The summed E-state index contributed by atoms with van der Waals surface area (Å²) >= 11 is 0. The SMILES string of the molecule is CCC(O)CCNC(=O)C1CCC(NC(=O)CC2CCCC2)CC1. The fraction of sp³-hybridized carbons (Fsp3) is 0.895. The van der Waals surface area contributed by atoms with Crippen molar-refractivity contribution in [3.05, 3.63) is 0 Å². The van der Waals surface area contributed by atoms with Gasteiger partial charge in [0.05, 0.1) is 6.10 Å². The molecule has 5 nitrogen and oxygen atoms in total. The normalized spacial score (nSPS) is 26.1. The van der Waals surface area contributed by atoms with E-state index in [1.165, 1.54) is 25.7 Å². The van der Waals surface area contributed by atoms with Crippen LogP contribution in [0.25, 0.3) is 0 Å². The third kappa shape index (κ3) is 6.42. The summed E-state index contributed by atoms with van der Waals surface area (Å²) in [6.07, 6.45) is 10.1. The van der Waals surface area contributed by atoms with Crippen LogP contribution in [0.3, 0.4) is 0 Å². The van der Waals surface area contributed by atoms with Crippen molar-refractivity contribution in [3.63, 3.8) is 0 Å². The van der Waals surface area contributed by atoms with Crippen LogP contribution < -0.4 is 10.6 Å². The van der Waals surface area contributed by atoms with Gasteiger partial charge < -0.3 is 15.7 Å². The van der Waals surface area contributed by atoms with E-state index >= 15 is 0 Å². The Labute approximate surface area is 146 Å². The highest BCUT2D eigenvalue weighted by Gasteiger charge is 2.27. The summed E-state index contributed by atoms with van der Waals surface area (Å²) in [7, 11) is 0. The van der Waals surface area contributed by atoms with E-state index in [0.29, 0.717) is 25.3 Å². The number of amides is 2. The highest BCUT2D eigenvalue weighted by molar-refractivity contribution is 5.79. The predicted octanol–water partition coefficient (Wildman–Crippen LogP) is 2.52. The summed E-state index contributed by atoms with van der Waals surface area (Å²) in [5.41, 5.74) is 0. The average molecular weight is 338 g/mol. The minimum absolute atomic E-state index is 0.0618. The second kappa shape index (κ2) is 10.0. The van der Waals surface area contributed by atoms with Gasteiger partial charge in [0, 0.05) is 24.9 Å². The smallest absolute Gasteiger partial charge is 0.223 e. The van der Waals surface area contributed by atoms with Crippen molar-refractivity contribution in [2.75, 3.05) is 6.54 Å². The highest BCUT2D eigenvalue weighted by Crippen LogP contribution is 2.28. The van der Waals surface area contributed by atoms with Crippen LogP contribution in [0, 0.1) is 11.8 Å². The molecule has 2 aliphatic carbocycles. The van der Waals surface area contributed by atoms with Crippen molar-refractivity contribution in [2.45, 2.75) is 89.7 Å². The first-order valence-electron chi connectivity index (χ1n) is 9.83. The van der Waals surface area contributed by atoms with E-state index in [4.69, 9.17) is 0 Å². The van der Waals surface area contributed by atoms with Crippen LogP contribution in [0.2, 0.25) is 0 Å². The molecule has 1 unspecified atom stereocenters. The molecule has 0 spiro atoms. The first kappa shape index (κ1) is 19.2. The van der Waals surface area contributed by atoms with Gasteiger partial charge in [0.15, 0.2) is 0 Å². The van der Waals surface area contributed by atoms with Crippen molar-refractivity contribution >= 4 is 11.8 Å². The molecule has 2 rings (SSSR count). The van der Waals surface area contributed by atoms with Gasteiger partial charge >= 0.3 is 0 Å². The fourth-order valence-electron chi connectivity index (χ4n) is 3.97. The van der Waals surface area contributed by atoms with E-state index in [1.54, 1.807) is 0 Å². The van der Waals surface area contributed by atoms with Gasteiger partial charge in [-0.1, -0.05) is 19.8 Å². The number of rotatable bonds is 8. The Bertz CT molecular complexity index is 399. The molecule has 2 saturated carbocycles. The largest absolute Gasteiger partial charge is 0.393 e. The van der Waals surface area contributed by atoms with Gasteiger partial charge in [0.25, 0.3) is 0 Å². The zero-order chi connectivity index (χ0) is 17.4. The molecule has 5 heteroatoms. The second-order valence-corrected chi connectivity index (χ2v) is 7.61. The first-order valence-corrected chi connectivity index (χ1v) is 9.83. The van der Waals surface area contributed by atoms with Crippen molar-refractivity contribution in [1.29, 1.82) is 0 Å². The van der Waals surface area contributed by atoms with Gasteiger partial charge in [0.1, 0.15) is 0 Å². The number of hydrogen-bond donors (Lipinski definition) is 3. The van der Waals surface area contributed by atoms with E-state index in [0.717, 1.165) is 32.1 Å².